The molecule has 0 radical (unpaired) electrons. The van der Waals surface area contributed by atoms with Gasteiger partial charge in [0, 0.05) is 23.5 Å². The number of fused-ring (bicyclic) bond motifs is 1. The van der Waals surface area contributed by atoms with E-state index in [0.29, 0.717) is 11.1 Å². The standard InChI is InChI=1S/C10H7BrF2N2/c11-7-3-6-5(9(12)10(7)13)1-2-15-8(6)4-14/h1-3H,4,14H2. The number of aromatic nitrogens is 1. The van der Waals surface area contributed by atoms with Crippen LogP contribution in [-0.2, 0) is 6.54 Å². The predicted molar refractivity (Wildman–Crippen MR) is 57.3 cm³/mol. The Morgan fingerprint density at radius 2 is 2.00 bits per heavy atom. The van der Waals surface area contributed by atoms with Crippen molar-refractivity contribution in [3.63, 3.8) is 0 Å². The van der Waals surface area contributed by atoms with Crippen LogP contribution >= 0.6 is 15.9 Å². The Balaban J connectivity index is 2.91. The maximum absolute atomic E-state index is 13.5. The van der Waals surface area contributed by atoms with Crippen LogP contribution in [0.5, 0.6) is 0 Å². The lowest BCUT2D eigenvalue weighted by molar-refractivity contribution is 0.512. The highest BCUT2D eigenvalue weighted by molar-refractivity contribution is 9.10. The molecule has 1 aromatic carbocycles. The Morgan fingerprint density at radius 3 is 2.67 bits per heavy atom. The molecule has 2 N–H and O–H groups in total. The van der Waals surface area contributed by atoms with Crippen LogP contribution in [0.25, 0.3) is 10.8 Å². The fourth-order valence-electron chi connectivity index (χ4n) is 1.44. The van der Waals surface area contributed by atoms with E-state index in [1.807, 2.05) is 0 Å². The predicted octanol–water partition coefficient (Wildman–Crippen LogP) is 2.73. The minimum atomic E-state index is -0.892. The average molecular weight is 273 g/mol. The van der Waals surface area contributed by atoms with Crippen molar-refractivity contribution in [2.24, 2.45) is 5.73 Å². The van der Waals surface area contributed by atoms with E-state index in [9.17, 15) is 8.78 Å². The zero-order chi connectivity index (χ0) is 11.0. The summed E-state index contributed by atoms with van der Waals surface area (Å²) in [7, 11) is 0. The zero-order valence-electron chi connectivity index (χ0n) is 7.60. The van der Waals surface area contributed by atoms with Gasteiger partial charge in [-0.3, -0.25) is 4.98 Å². The smallest absolute Gasteiger partial charge is 0.173 e. The van der Waals surface area contributed by atoms with Crippen LogP contribution in [0.1, 0.15) is 5.69 Å². The number of nitrogens with zero attached hydrogens (tertiary/aromatic N) is 1. The number of hydrogen-bond acceptors (Lipinski definition) is 2. The third-order valence-electron chi connectivity index (χ3n) is 2.18. The Kier molecular flexibility index (Phi) is 2.67. The third-order valence-corrected chi connectivity index (χ3v) is 2.75. The van der Waals surface area contributed by atoms with E-state index in [1.54, 1.807) is 0 Å². The molecule has 0 saturated heterocycles. The van der Waals surface area contributed by atoms with Crippen molar-refractivity contribution in [1.29, 1.82) is 0 Å². The summed E-state index contributed by atoms with van der Waals surface area (Å²) in [5.74, 6) is -1.77. The van der Waals surface area contributed by atoms with Gasteiger partial charge < -0.3 is 5.73 Å². The van der Waals surface area contributed by atoms with Crippen molar-refractivity contribution in [3.8, 4) is 0 Å². The summed E-state index contributed by atoms with van der Waals surface area (Å²) in [5.41, 5.74) is 6.01. The highest BCUT2D eigenvalue weighted by Gasteiger charge is 2.13. The first-order valence-corrected chi connectivity index (χ1v) is 5.05. The molecule has 0 aliphatic rings. The average Bonchev–Trinajstić information content (AvgIpc) is 2.25. The van der Waals surface area contributed by atoms with Crippen molar-refractivity contribution < 1.29 is 8.78 Å². The molecule has 0 fully saturated rings. The summed E-state index contributed by atoms with van der Waals surface area (Å²) in [6.45, 7) is 0.189. The molecule has 0 aliphatic heterocycles. The summed E-state index contributed by atoms with van der Waals surface area (Å²) in [5, 5.41) is 0.733. The van der Waals surface area contributed by atoms with Crippen LogP contribution in [0.15, 0.2) is 22.8 Å². The maximum atomic E-state index is 13.5. The zero-order valence-corrected chi connectivity index (χ0v) is 9.18. The second-order valence-corrected chi connectivity index (χ2v) is 3.90. The molecule has 0 spiro atoms. The molecule has 78 valence electrons. The molecular weight excluding hydrogens is 266 g/mol. The first kappa shape index (κ1) is 10.4. The summed E-state index contributed by atoms with van der Waals surface area (Å²) < 4.78 is 26.8. The van der Waals surface area contributed by atoms with E-state index >= 15 is 0 Å². The molecule has 1 aromatic heterocycles. The van der Waals surface area contributed by atoms with Crippen molar-refractivity contribution in [2.75, 3.05) is 0 Å². The molecule has 0 atom stereocenters. The van der Waals surface area contributed by atoms with Crippen LogP contribution in [0.3, 0.4) is 0 Å². The van der Waals surface area contributed by atoms with E-state index in [0.717, 1.165) is 0 Å². The van der Waals surface area contributed by atoms with Gasteiger partial charge in [-0.1, -0.05) is 0 Å². The molecule has 5 heteroatoms. The second kappa shape index (κ2) is 3.83. The fraction of sp³-hybridized carbons (Fsp3) is 0.100. The van der Waals surface area contributed by atoms with Gasteiger partial charge in [0.05, 0.1) is 10.2 Å². The van der Waals surface area contributed by atoms with Crippen molar-refractivity contribution in [2.45, 2.75) is 6.54 Å². The minimum absolute atomic E-state index is 0.0789. The lowest BCUT2D eigenvalue weighted by Gasteiger charge is -2.06. The van der Waals surface area contributed by atoms with E-state index in [-0.39, 0.29) is 16.4 Å². The SMILES string of the molecule is NCc1nccc2c(F)c(F)c(Br)cc12. The minimum Gasteiger partial charge on any atom is -0.325 e. The van der Waals surface area contributed by atoms with Crippen LogP contribution < -0.4 is 5.73 Å². The lowest BCUT2D eigenvalue weighted by Crippen LogP contribution is -2.01. The lowest BCUT2D eigenvalue weighted by atomic mass is 10.1. The number of benzene rings is 1. The molecule has 1 heterocycles. The van der Waals surface area contributed by atoms with Gasteiger partial charge in [0.1, 0.15) is 0 Å². The van der Waals surface area contributed by atoms with Gasteiger partial charge >= 0.3 is 0 Å². The van der Waals surface area contributed by atoms with Crippen molar-refractivity contribution in [1.82, 2.24) is 4.98 Å². The van der Waals surface area contributed by atoms with Gasteiger partial charge in [0.25, 0.3) is 0 Å². The number of rotatable bonds is 1. The van der Waals surface area contributed by atoms with Gasteiger partial charge in [-0.05, 0) is 28.1 Å². The highest BCUT2D eigenvalue weighted by Crippen LogP contribution is 2.28. The molecule has 2 aromatic rings. The normalized spacial score (nSPS) is 10.9. The molecule has 0 unspecified atom stereocenters. The molecule has 0 aliphatic carbocycles. The van der Waals surface area contributed by atoms with Crippen molar-refractivity contribution in [3.05, 3.63) is 40.1 Å². The van der Waals surface area contributed by atoms with Gasteiger partial charge in [-0.25, -0.2) is 8.78 Å². The summed E-state index contributed by atoms with van der Waals surface area (Å²) in [6, 6.07) is 2.92. The molecule has 0 amide bonds. The van der Waals surface area contributed by atoms with Gasteiger partial charge in [-0.2, -0.15) is 0 Å². The number of pyridine rings is 1. The van der Waals surface area contributed by atoms with E-state index in [2.05, 4.69) is 20.9 Å². The van der Waals surface area contributed by atoms with Gasteiger partial charge in [0.2, 0.25) is 0 Å². The van der Waals surface area contributed by atoms with Crippen LogP contribution in [-0.4, -0.2) is 4.98 Å². The largest absolute Gasteiger partial charge is 0.325 e. The highest BCUT2D eigenvalue weighted by atomic mass is 79.9. The fourth-order valence-corrected chi connectivity index (χ4v) is 1.85. The number of halogens is 3. The quantitative estimate of drug-likeness (QED) is 0.811. The summed E-state index contributed by atoms with van der Waals surface area (Å²) in [4.78, 5) is 4.00. The Morgan fingerprint density at radius 1 is 1.27 bits per heavy atom. The topological polar surface area (TPSA) is 38.9 Å². The first-order chi connectivity index (χ1) is 7.15. The summed E-state index contributed by atoms with van der Waals surface area (Å²) in [6.07, 6.45) is 1.42. The molecule has 2 rings (SSSR count). The number of nitrogens with two attached hydrogens (primary N) is 1. The maximum Gasteiger partial charge on any atom is 0.173 e. The summed E-state index contributed by atoms with van der Waals surface area (Å²) >= 11 is 2.95. The third kappa shape index (κ3) is 1.61. The van der Waals surface area contributed by atoms with E-state index in [4.69, 9.17) is 5.73 Å². The van der Waals surface area contributed by atoms with Crippen LogP contribution in [0, 0.1) is 11.6 Å². The molecular formula is C10H7BrF2N2. The molecule has 15 heavy (non-hydrogen) atoms. The molecule has 2 nitrogen and oxygen atoms in total. The van der Waals surface area contributed by atoms with E-state index < -0.39 is 11.6 Å². The van der Waals surface area contributed by atoms with E-state index in [1.165, 1.54) is 18.3 Å². The van der Waals surface area contributed by atoms with Gasteiger partial charge in [0.15, 0.2) is 11.6 Å². The second-order valence-electron chi connectivity index (χ2n) is 3.04. The Hall–Kier alpha value is -1.07. The van der Waals surface area contributed by atoms with Crippen LogP contribution in [0.2, 0.25) is 0 Å². The van der Waals surface area contributed by atoms with Gasteiger partial charge in [-0.15, -0.1) is 0 Å². The van der Waals surface area contributed by atoms with Crippen LogP contribution in [0.4, 0.5) is 8.78 Å². The first-order valence-electron chi connectivity index (χ1n) is 4.26. The monoisotopic (exact) mass is 272 g/mol. The number of hydrogen-bond donors (Lipinski definition) is 1. The molecule has 0 bridgehead atoms. The molecule has 0 saturated carbocycles. The Labute approximate surface area is 93.2 Å². The Bertz CT molecular complexity index is 528. The van der Waals surface area contributed by atoms with Crippen molar-refractivity contribution >= 4 is 26.7 Å².